The van der Waals surface area contributed by atoms with Crippen LogP contribution < -0.4 is 10.6 Å². The number of anilines is 2. The van der Waals surface area contributed by atoms with Crippen LogP contribution in [0.5, 0.6) is 0 Å². The van der Waals surface area contributed by atoms with Gasteiger partial charge >= 0.3 is 6.18 Å². The molecular weight excluding hydrogens is 279 g/mol. The molecule has 0 amide bonds. The van der Waals surface area contributed by atoms with Crippen LogP contribution in [0.3, 0.4) is 0 Å². The van der Waals surface area contributed by atoms with E-state index in [1.165, 1.54) is 19.3 Å². The second-order valence-corrected chi connectivity index (χ2v) is 5.54. The van der Waals surface area contributed by atoms with Crippen molar-refractivity contribution in [2.24, 2.45) is 5.92 Å². The van der Waals surface area contributed by atoms with Crippen LogP contribution in [-0.2, 0) is 6.18 Å². The quantitative estimate of drug-likeness (QED) is 0.839. The number of alkyl halides is 3. The summed E-state index contributed by atoms with van der Waals surface area (Å²) >= 11 is 0. The predicted octanol–water partition coefficient (Wildman–Crippen LogP) is 4.52. The van der Waals surface area contributed by atoms with E-state index >= 15 is 0 Å². The molecule has 0 atom stereocenters. The average Bonchev–Trinajstić information content (AvgIpc) is 2.45. The molecule has 2 N–H and O–H groups in total. The Morgan fingerprint density at radius 2 is 1.71 bits per heavy atom. The molecule has 1 aromatic heterocycles. The molecule has 1 fully saturated rings. The number of aromatic nitrogens is 1. The lowest BCUT2D eigenvalue weighted by Gasteiger charge is -2.22. The van der Waals surface area contributed by atoms with Crippen molar-refractivity contribution < 1.29 is 13.2 Å². The average molecular weight is 301 g/mol. The molecule has 1 aliphatic rings. The topological polar surface area (TPSA) is 37.0 Å². The highest BCUT2D eigenvalue weighted by Crippen LogP contribution is 2.32. The second kappa shape index (κ2) is 7.00. The van der Waals surface area contributed by atoms with E-state index in [9.17, 15) is 13.2 Å². The monoisotopic (exact) mass is 301 g/mol. The molecule has 3 nitrogen and oxygen atoms in total. The van der Waals surface area contributed by atoms with Crippen LogP contribution in [0.2, 0.25) is 0 Å². The van der Waals surface area contributed by atoms with E-state index in [1.54, 1.807) is 0 Å². The summed E-state index contributed by atoms with van der Waals surface area (Å²) in [6, 6.07) is 2.14. The Balaban J connectivity index is 2.07. The van der Waals surface area contributed by atoms with Gasteiger partial charge in [-0.2, -0.15) is 13.2 Å². The summed E-state index contributed by atoms with van der Waals surface area (Å²) < 4.78 is 38.7. The summed E-state index contributed by atoms with van der Waals surface area (Å²) in [5.41, 5.74) is -0.667. The summed E-state index contributed by atoms with van der Waals surface area (Å²) in [5.74, 6) is 1.10. The number of hydrogen-bond donors (Lipinski definition) is 2. The molecule has 0 aliphatic heterocycles. The summed E-state index contributed by atoms with van der Waals surface area (Å²) in [7, 11) is 0. The van der Waals surface area contributed by atoms with Gasteiger partial charge in [0.05, 0.1) is 5.56 Å². The number of pyridine rings is 1. The standard InChI is InChI=1S/C15H22F3N3/c1-2-19-13-8-12(15(16,17)18)9-14(21-13)20-10-11-6-4-3-5-7-11/h8-9,11H,2-7,10H2,1H3,(H2,19,20,21). The first kappa shape index (κ1) is 15.9. The zero-order valence-corrected chi connectivity index (χ0v) is 12.3. The van der Waals surface area contributed by atoms with Gasteiger partial charge in [-0.15, -0.1) is 0 Å². The Morgan fingerprint density at radius 1 is 1.10 bits per heavy atom. The van der Waals surface area contributed by atoms with Crippen LogP contribution >= 0.6 is 0 Å². The zero-order chi connectivity index (χ0) is 15.3. The van der Waals surface area contributed by atoms with Gasteiger partial charge in [-0.25, -0.2) is 4.98 Å². The van der Waals surface area contributed by atoms with Crippen molar-refractivity contribution in [3.63, 3.8) is 0 Å². The normalized spacial score (nSPS) is 16.8. The maximum Gasteiger partial charge on any atom is 0.416 e. The van der Waals surface area contributed by atoms with Gasteiger partial charge in [0.25, 0.3) is 0 Å². The molecule has 1 heterocycles. The van der Waals surface area contributed by atoms with Crippen molar-refractivity contribution in [2.45, 2.75) is 45.2 Å². The molecule has 0 spiro atoms. The largest absolute Gasteiger partial charge is 0.416 e. The van der Waals surface area contributed by atoms with Crippen molar-refractivity contribution in [1.82, 2.24) is 4.98 Å². The molecule has 21 heavy (non-hydrogen) atoms. The number of halogens is 3. The highest BCUT2D eigenvalue weighted by atomic mass is 19.4. The summed E-state index contributed by atoms with van der Waals surface area (Å²) in [6.07, 6.45) is 1.63. The molecule has 0 unspecified atom stereocenters. The number of nitrogens with one attached hydrogen (secondary N) is 2. The van der Waals surface area contributed by atoms with Gasteiger partial charge in [-0.3, -0.25) is 0 Å². The van der Waals surface area contributed by atoms with E-state index in [1.807, 2.05) is 6.92 Å². The van der Waals surface area contributed by atoms with E-state index in [2.05, 4.69) is 15.6 Å². The number of nitrogens with zero attached hydrogens (tertiary/aromatic N) is 1. The molecule has 0 radical (unpaired) electrons. The molecule has 1 aliphatic carbocycles. The third-order valence-electron chi connectivity index (χ3n) is 3.81. The summed E-state index contributed by atoms with van der Waals surface area (Å²) in [5, 5.41) is 5.92. The van der Waals surface area contributed by atoms with Gasteiger partial charge < -0.3 is 10.6 Å². The highest BCUT2D eigenvalue weighted by molar-refractivity contribution is 5.49. The molecule has 1 aromatic rings. The Labute approximate surface area is 123 Å². The van der Waals surface area contributed by atoms with Crippen molar-refractivity contribution in [2.75, 3.05) is 23.7 Å². The number of hydrogen-bond acceptors (Lipinski definition) is 3. The minimum Gasteiger partial charge on any atom is -0.370 e. The third kappa shape index (κ3) is 4.79. The minimum absolute atomic E-state index is 0.262. The minimum atomic E-state index is -4.35. The predicted molar refractivity (Wildman–Crippen MR) is 78.5 cm³/mol. The third-order valence-corrected chi connectivity index (χ3v) is 3.81. The second-order valence-electron chi connectivity index (χ2n) is 5.54. The van der Waals surface area contributed by atoms with Crippen molar-refractivity contribution in [3.8, 4) is 0 Å². The van der Waals surface area contributed by atoms with Crippen LogP contribution in [0.15, 0.2) is 12.1 Å². The fraction of sp³-hybridized carbons (Fsp3) is 0.667. The van der Waals surface area contributed by atoms with Gasteiger partial charge in [0.2, 0.25) is 0 Å². The van der Waals surface area contributed by atoms with Crippen LogP contribution in [-0.4, -0.2) is 18.1 Å². The van der Waals surface area contributed by atoms with Gasteiger partial charge in [-0.05, 0) is 37.8 Å². The van der Waals surface area contributed by atoms with E-state index in [4.69, 9.17) is 0 Å². The van der Waals surface area contributed by atoms with Crippen LogP contribution in [0, 0.1) is 5.92 Å². The first-order chi connectivity index (χ1) is 9.99. The van der Waals surface area contributed by atoms with Gasteiger partial charge in [0, 0.05) is 13.1 Å². The van der Waals surface area contributed by atoms with Crippen molar-refractivity contribution >= 4 is 11.6 Å². The van der Waals surface area contributed by atoms with E-state index < -0.39 is 11.7 Å². The first-order valence-electron chi connectivity index (χ1n) is 7.56. The Bertz CT molecular complexity index is 454. The highest BCUT2D eigenvalue weighted by Gasteiger charge is 2.31. The SMILES string of the molecule is CCNc1cc(C(F)(F)F)cc(NCC2CCCCC2)n1. The van der Waals surface area contributed by atoms with Gasteiger partial charge in [-0.1, -0.05) is 19.3 Å². The van der Waals surface area contributed by atoms with Gasteiger partial charge in [0.15, 0.2) is 0 Å². The van der Waals surface area contributed by atoms with E-state index in [-0.39, 0.29) is 5.82 Å². The number of rotatable bonds is 5. The van der Waals surface area contributed by atoms with E-state index in [0.29, 0.717) is 24.8 Å². The molecular formula is C15H22F3N3. The maximum absolute atomic E-state index is 12.9. The molecule has 6 heteroatoms. The molecule has 2 rings (SSSR count). The molecule has 0 bridgehead atoms. The zero-order valence-electron chi connectivity index (χ0n) is 12.3. The Morgan fingerprint density at radius 3 is 2.29 bits per heavy atom. The Hall–Kier alpha value is -1.46. The van der Waals surface area contributed by atoms with E-state index in [0.717, 1.165) is 25.0 Å². The summed E-state index contributed by atoms with van der Waals surface area (Å²) in [4.78, 5) is 4.20. The molecule has 0 saturated heterocycles. The van der Waals surface area contributed by atoms with Crippen LogP contribution in [0.25, 0.3) is 0 Å². The summed E-state index contributed by atoms with van der Waals surface area (Å²) in [6.45, 7) is 3.06. The van der Waals surface area contributed by atoms with Crippen LogP contribution in [0.4, 0.5) is 24.8 Å². The molecule has 118 valence electrons. The first-order valence-corrected chi connectivity index (χ1v) is 7.56. The molecule has 0 aromatic carbocycles. The Kier molecular flexibility index (Phi) is 5.31. The smallest absolute Gasteiger partial charge is 0.370 e. The van der Waals surface area contributed by atoms with Crippen molar-refractivity contribution in [1.29, 1.82) is 0 Å². The van der Waals surface area contributed by atoms with Crippen molar-refractivity contribution in [3.05, 3.63) is 17.7 Å². The van der Waals surface area contributed by atoms with Gasteiger partial charge in [0.1, 0.15) is 11.6 Å². The maximum atomic E-state index is 12.9. The van der Waals surface area contributed by atoms with Crippen LogP contribution in [0.1, 0.15) is 44.6 Å². The lowest BCUT2D eigenvalue weighted by atomic mass is 9.89. The lowest BCUT2D eigenvalue weighted by Crippen LogP contribution is -2.18. The fourth-order valence-electron chi connectivity index (χ4n) is 2.70. The molecule has 1 saturated carbocycles. The lowest BCUT2D eigenvalue weighted by molar-refractivity contribution is -0.137. The fourth-order valence-corrected chi connectivity index (χ4v) is 2.70.